The molecule has 0 saturated heterocycles. The Morgan fingerprint density at radius 3 is 2.61 bits per heavy atom. The zero-order valence-electron chi connectivity index (χ0n) is 13.2. The van der Waals surface area contributed by atoms with Gasteiger partial charge in [-0.05, 0) is 24.1 Å². The summed E-state index contributed by atoms with van der Waals surface area (Å²) >= 11 is 0. The molecule has 0 aliphatic carbocycles. The minimum atomic E-state index is -0.305. The van der Waals surface area contributed by atoms with E-state index < -0.39 is 0 Å². The molecule has 0 spiro atoms. The van der Waals surface area contributed by atoms with Gasteiger partial charge < -0.3 is 15.8 Å². The number of rotatable bonds is 7. The average Bonchev–Trinajstić information content (AvgIpc) is 2.54. The molecule has 3 N–H and O–H groups in total. The van der Waals surface area contributed by atoms with Crippen molar-refractivity contribution in [1.29, 1.82) is 0 Å². The van der Waals surface area contributed by atoms with E-state index in [9.17, 15) is 4.79 Å². The number of halogens is 1. The Kier molecular flexibility index (Phi) is 8.16. The summed E-state index contributed by atoms with van der Waals surface area (Å²) in [5.41, 5.74) is 7.74. The summed E-state index contributed by atoms with van der Waals surface area (Å²) in [4.78, 5) is 12.1. The van der Waals surface area contributed by atoms with E-state index in [1.807, 2.05) is 54.6 Å². The standard InChI is InChI=1S/C18H22N2O2.ClH/c1-2-11-22-16-10-6-9-15(12-16)20-18(21)13-17(19)14-7-4-3-5-8-14;/h3-10,12,17H,2,11,13,19H2,1H3,(H,20,21);1H. The van der Waals surface area contributed by atoms with Crippen LogP contribution in [0.3, 0.4) is 0 Å². The van der Waals surface area contributed by atoms with Gasteiger partial charge >= 0.3 is 0 Å². The van der Waals surface area contributed by atoms with E-state index in [1.54, 1.807) is 0 Å². The molecule has 0 heterocycles. The molecule has 1 unspecified atom stereocenters. The van der Waals surface area contributed by atoms with Crippen molar-refractivity contribution in [2.45, 2.75) is 25.8 Å². The number of carbonyl (C=O) groups is 1. The molecule has 2 aromatic carbocycles. The van der Waals surface area contributed by atoms with Gasteiger partial charge in [0.1, 0.15) is 5.75 Å². The van der Waals surface area contributed by atoms with Crippen LogP contribution in [0.15, 0.2) is 54.6 Å². The number of amides is 1. The van der Waals surface area contributed by atoms with Crippen LogP contribution < -0.4 is 15.8 Å². The summed E-state index contributed by atoms with van der Waals surface area (Å²) in [5, 5.41) is 2.86. The minimum absolute atomic E-state index is 0. The highest BCUT2D eigenvalue weighted by molar-refractivity contribution is 5.91. The lowest BCUT2D eigenvalue weighted by molar-refractivity contribution is -0.116. The summed E-state index contributed by atoms with van der Waals surface area (Å²) in [7, 11) is 0. The number of nitrogens with one attached hydrogen (secondary N) is 1. The van der Waals surface area contributed by atoms with Crippen molar-refractivity contribution >= 4 is 24.0 Å². The molecule has 5 heteroatoms. The first-order valence-corrected chi connectivity index (χ1v) is 7.52. The predicted molar refractivity (Wildman–Crippen MR) is 96.1 cm³/mol. The maximum atomic E-state index is 12.1. The third-order valence-corrected chi connectivity index (χ3v) is 3.22. The van der Waals surface area contributed by atoms with Gasteiger partial charge in [0.05, 0.1) is 6.61 Å². The van der Waals surface area contributed by atoms with Crippen molar-refractivity contribution in [3.63, 3.8) is 0 Å². The Bertz CT molecular complexity index is 605. The fraction of sp³-hybridized carbons (Fsp3) is 0.278. The molecule has 0 bridgehead atoms. The Labute approximate surface area is 143 Å². The third-order valence-electron chi connectivity index (χ3n) is 3.22. The second-order valence-corrected chi connectivity index (χ2v) is 5.15. The molecule has 2 aromatic rings. The Balaban J connectivity index is 0.00000264. The molecule has 0 fully saturated rings. The van der Waals surface area contributed by atoms with Gasteiger partial charge in [0.15, 0.2) is 0 Å². The zero-order chi connectivity index (χ0) is 15.8. The van der Waals surface area contributed by atoms with Crippen LogP contribution in [-0.4, -0.2) is 12.5 Å². The maximum absolute atomic E-state index is 12.1. The Morgan fingerprint density at radius 2 is 1.91 bits per heavy atom. The Hall–Kier alpha value is -2.04. The third kappa shape index (κ3) is 6.30. The van der Waals surface area contributed by atoms with Crippen molar-refractivity contribution in [1.82, 2.24) is 0 Å². The molecule has 2 rings (SSSR count). The predicted octanol–water partition coefficient (Wildman–Crippen LogP) is 3.93. The number of carbonyl (C=O) groups excluding carboxylic acids is 1. The van der Waals surface area contributed by atoms with Gasteiger partial charge in [-0.3, -0.25) is 4.79 Å². The van der Waals surface area contributed by atoms with Crippen LogP contribution in [-0.2, 0) is 4.79 Å². The van der Waals surface area contributed by atoms with Gasteiger partial charge in [-0.25, -0.2) is 0 Å². The average molecular weight is 335 g/mol. The number of ether oxygens (including phenoxy) is 1. The second kappa shape index (κ2) is 9.87. The molecule has 0 aromatic heterocycles. The molecule has 23 heavy (non-hydrogen) atoms. The van der Waals surface area contributed by atoms with Crippen LogP contribution in [0.2, 0.25) is 0 Å². The van der Waals surface area contributed by atoms with Crippen molar-refractivity contribution in [3.05, 3.63) is 60.2 Å². The molecular formula is C18H23ClN2O2. The first kappa shape index (κ1) is 19.0. The van der Waals surface area contributed by atoms with Gasteiger partial charge in [0.25, 0.3) is 0 Å². The SMILES string of the molecule is CCCOc1cccc(NC(=O)CC(N)c2ccccc2)c1.Cl. The van der Waals surface area contributed by atoms with Crippen molar-refractivity contribution in [2.24, 2.45) is 5.73 Å². The molecule has 0 saturated carbocycles. The molecule has 0 aliphatic heterocycles. The highest BCUT2D eigenvalue weighted by atomic mass is 35.5. The maximum Gasteiger partial charge on any atom is 0.226 e. The summed E-state index contributed by atoms with van der Waals surface area (Å²) in [6.45, 7) is 2.72. The topological polar surface area (TPSA) is 64.3 Å². The molecule has 1 atom stereocenters. The minimum Gasteiger partial charge on any atom is -0.494 e. The number of hydrogen-bond donors (Lipinski definition) is 2. The smallest absolute Gasteiger partial charge is 0.226 e. The van der Waals surface area contributed by atoms with Crippen LogP contribution in [0.1, 0.15) is 31.4 Å². The van der Waals surface area contributed by atoms with E-state index in [-0.39, 0.29) is 30.8 Å². The van der Waals surface area contributed by atoms with E-state index in [1.165, 1.54) is 0 Å². The second-order valence-electron chi connectivity index (χ2n) is 5.15. The Morgan fingerprint density at radius 1 is 1.17 bits per heavy atom. The zero-order valence-corrected chi connectivity index (χ0v) is 14.0. The van der Waals surface area contributed by atoms with E-state index in [4.69, 9.17) is 10.5 Å². The monoisotopic (exact) mass is 334 g/mol. The van der Waals surface area contributed by atoms with Gasteiger partial charge in [0, 0.05) is 24.2 Å². The van der Waals surface area contributed by atoms with Crippen LogP contribution >= 0.6 is 12.4 Å². The number of anilines is 1. The molecular weight excluding hydrogens is 312 g/mol. The van der Waals surface area contributed by atoms with E-state index in [0.717, 1.165) is 23.4 Å². The van der Waals surface area contributed by atoms with Gasteiger partial charge in [-0.15, -0.1) is 12.4 Å². The van der Waals surface area contributed by atoms with E-state index >= 15 is 0 Å². The van der Waals surface area contributed by atoms with Gasteiger partial charge in [-0.2, -0.15) is 0 Å². The highest BCUT2D eigenvalue weighted by Crippen LogP contribution is 2.19. The number of benzene rings is 2. The fourth-order valence-electron chi connectivity index (χ4n) is 2.11. The van der Waals surface area contributed by atoms with Crippen LogP contribution in [0.5, 0.6) is 5.75 Å². The number of hydrogen-bond acceptors (Lipinski definition) is 3. The lowest BCUT2D eigenvalue weighted by Gasteiger charge is -2.13. The number of nitrogens with two attached hydrogens (primary N) is 1. The van der Waals surface area contributed by atoms with Crippen molar-refractivity contribution in [3.8, 4) is 5.75 Å². The quantitative estimate of drug-likeness (QED) is 0.806. The van der Waals surface area contributed by atoms with Gasteiger partial charge in [-0.1, -0.05) is 43.3 Å². The highest BCUT2D eigenvalue weighted by Gasteiger charge is 2.11. The van der Waals surface area contributed by atoms with E-state index in [2.05, 4.69) is 12.2 Å². The normalized spacial score (nSPS) is 11.2. The van der Waals surface area contributed by atoms with E-state index in [0.29, 0.717) is 6.61 Å². The summed E-state index contributed by atoms with van der Waals surface area (Å²) in [6.07, 6.45) is 1.19. The largest absolute Gasteiger partial charge is 0.494 e. The summed E-state index contributed by atoms with van der Waals surface area (Å²) in [5.74, 6) is 0.649. The molecule has 1 amide bonds. The van der Waals surface area contributed by atoms with Gasteiger partial charge in [0.2, 0.25) is 5.91 Å². The van der Waals surface area contributed by atoms with Crippen LogP contribution in [0.4, 0.5) is 5.69 Å². The first-order valence-electron chi connectivity index (χ1n) is 7.52. The molecule has 4 nitrogen and oxygen atoms in total. The van der Waals surface area contributed by atoms with Crippen molar-refractivity contribution in [2.75, 3.05) is 11.9 Å². The summed E-state index contributed by atoms with van der Waals surface area (Å²) < 4.78 is 5.55. The van der Waals surface area contributed by atoms with Crippen molar-refractivity contribution < 1.29 is 9.53 Å². The first-order chi connectivity index (χ1) is 10.7. The lowest BCUT2D eigenvalue weighted by atomic mass is 10.0. The van der Waals surface area contributed by atoms with Crippen LogP contribution in [0.25, 0.3) is 0 Å². The molecule has 124 valence electrons. The molecule has 0 radical (unpaired) electrons. The fourth-order valence-corrected chi connectivity index (χ4v) is 2.11. The lowest BCUT2D eigenvalue weighted by Crippen LogP contribution is -2.20. The molecule has 0 aliphatic rings. The summed E-state index contributed by atoms with van der Waals surface area (Å²) in [6, 6.07) is 16.7. The van der Waals surface area contributed by atoms with Crippen LogP contribution in [0, 0.1) is 0 Å².